The molecule has 270 valence electrons. The van der Waals surface area contributed by atoms with Crippen LogP contribution < -0.4 is 0 Å². The number of aromatic nitrogens is 3. The Bertz CT molecular complexity index is 3150. The van der Waals surface area contributed by atoms with Crippen LogP contribution in [0.15, 0.2) is 210 Å². The standard InChI is InChI=1S/C54H33N3S/c1-4-16-34(17-5-1)47-33-48(57-53(56-47)36-20-8-3-9-21-36)37-28-31-46-41(32-37)50-40(51(55-46)35-18-6-2-7-19-35)29-30-45-52(50)58-49-27-15-14-26-44(49)54(45)42-24-12-10-22-38(42)39-23-11-13-25-43(39)54/h1-33H. The van der Waals surface area contributed by atoms with Crippen molar-refractivity contribution in [1.82, 2.24) is 15.0 Å². The van der Waals surface area contributed by atoms with Gasteiger partial charge in [-0.2, -0.15) is 0 Å². The molecule has 0 saturated heterocycles. The molecule has 0 N–H and O–H groups in total. The highest BCUT2D eigenvalue weighted by Gasteiger charge is 2.50. The van der Waals surface area contributed by atoms with E-state index in [1.807, 2.05) is 36.0 Å². The van der Waals surface area contributed by atoms with E-state index in [4.69, 9.17) is 15.0 Å². The summed E-state index contributed by atoms with van der Waals surface area (Å²) in [4.78, 5) is 18.3. The summed E-state index contributed by atoms with van der Waals surface area (Å²) in [5, 5.41) is 3.45. The number of pyridine rings is 1. The largest absolute Gasteiger partial charge is 0.247 e. The van der Waals surface area contributed by atoms with E-state index in [1.54, 1.807) is 0 Å². The van der Waals surface area contributed by atoms with Gasteiger partial charge in [0, 0.05) is 48.2 Å². The minimum Gasteiger partial charge on any atom is -0.247 e. The second kappa shape index (κ2) is 13.0. The summed E-state index contributed by atoms with van der Waals surface area (Å²) < 4.78 is 0. The van der Waals surface area contributed by atoms with Crippen molar-refractivity contribution in [1.29, 1.82) is 0 Å². The van der Waals surface area contributed by atoms with Crippen molar-refractivity contribution < 1.29 is 0 Å². The van der Waals surface area contributed by atoms with Crippen molar-refractivity contribution >= 4 is 33.4 Å². The monoisotopic (exact) mass is 755 g/mol. The van der Waals surface area contributed by atoms with Crippen LogP contribution in [0.5, 0.6) is 0 Å². The van der Waals surface area contributed by atoms with Crippen molar-refractivity contribution in [2.45, 2.75) is 15.2 Å². The van der Waals surface area contributed by atoms with Crippen LogP contribution in [-0.2, 0) is 5.41 Å². The lowest BCUT2D eigenvalue weighted by molar-refractivity contribution is 0.726. The lowest BCUT2D eigenvalue weighted by Crippen LogP contribution is -2.32. The smallest absolute Gasteiger partial charge is 0.160 e. The molecule has 0 saturated carbocycles. The maximum atomic E-state index is 5.45. The molecule has 3 heterocycles. The van der Waals surface area contributed by atoms with Gasteiger partial charge >= 0.3 is 0 Å². The molecule has 4 heteroatoms. The molecule has 10 aromatic rings. The highest BCUT2D eigenvalue weighted by molar-refractivity contribution is 7.99. The lowest BCUT2D eigenvalue weighted by Gasteiger charge is -2.40. The first-order chi connectivity index (χ1) is 28.8. The molecule has 12 rings (SSSR count). The Morgan fingerprint density at radius 1 is 0.379 bits per heavy atom. The fourth-order valence-electron chi connectivity index (χ4n) is 9.44. The van der Waals surface area contributed by atoms with E-state index in [-0.39, 0.29) is 0 Å². The minimum absolute atomic E-state index is 0.486. The SMILES string of the molecule is c1ccc(-c2cc(-c3ccc4nc(-c5ccccc5)c5ccc6c(c5c4c3)Sc3ccccc3C63c4ccccc4-c4ccccc43)nc(-c3ccccc3)n2)cc1. The highest BCUT2D eigenvalue weighted by Crippen LogP contribution is 2.63. The van der Waals surface area contributed by atoms with Crippen LogP contribution in [-0.4, -0.2) is 15.0 Å². The average Bonchev–Trinajstić information content (AvgIpc) is 3.59. The molecule has 0 radical (unpaired) electrons. The molecule has 0 unspecified atom stereocenters. The van der Waals surface area contributed by atoms with Crippen LogP contribution in [0.1, 0.15) is 22.3 Å². The van der Waals surface area contributed by atoms with Crippen LogP contribution in [0.2, 0.25) is 0 Å². The fourth-order valence-corrected chi connectivity index (χ4v) is 10.8. The van der Waals surface area contributed by atoms with Gasteiger partial charge in [-0.05, 0) is 57.6 Å². The van der Waals surface area contributed by atoms with E-state index < -0.39 is 5.41 Å². The van der Waals surface area contributed by atoms with Gasteiger partial charge in [-0.25, -0.2) is 15.0 Å². The van der Waals surface area contributed by atoms with E-state index in [0.29, 0.717) is 5.82 Å². The number of hydrogen-bond acceptors (Lipinski definition) is 4. The van der Waals surface area contributed by atoms with Crippen molar-refractivity contribution in [3.05, 3.63) is 222 Å². The van der Waals surface area contributed by atoms with Gasteiger partial charge in [0.15, 0.2) is 5.82 Å². The summed E-state index contributed by atoms with van der Waals surface area (Å²) in [6, 6.07) is 71.8. The summed E-state index contributed by atoms with van der Waals surface area (Å²) in [7, 11) is 0. The van der Waals surface area contributed by atoms with Gasteiger partial charge in [0.2, 0.25) is 0 Å². The number of rotatable bonds is 4. The second-order valence-electron chi connectivity index (χ2n) is 15.1. The van der Waals surface area contributed by atoms with Crippen molar-refractivity contribution in [3.8, 4) is 56.3 Å². The Morgan fingerprint density at radius 2 is 0.948 bits per heavy atom. The Labute approximate surface area is 340 Å². The normalized spacial score (nSPS) is 13.2. The first-order valence-corrected chi connectivity index (χ1v) is 20.5. The van der Waals surface area contributed by atoms with Gasteiger partial charge < -0.3 is 0 Å². The summed E-state index contributed by atoms with van der Waals surface area (Å²) in [5.41, 5.74) is 15.2. The van der Waals surface area contributed by atoms with Crippen molar-refractivity contribution in [3.63, 3.8) is 0 Å². The second-order valence-corrected chi connectivity index (χ2v) is 16.1. The average molecular weight is 756 g/mol. The maximum Gasteiger partial charge on any atom is 0.160 e. The molecular formula is C54H33N3S. The van der Waals surface area contributed by atoms with Crippen LogP contribution in [0.3, 0.4) is 0 Å². The van der Waals surface area contributed by atoms with Crippen molar-refractivity contribution in [2.24, 2.45) is 0 Å². The van der Waals surface area contributed by atoms with Gasteiger partial charge in [-0.1, -0.05) is 188 Å². The molecule has 1 aliphatic carbocycles. The zero-order chi connectivity index (χ0) is 38.2. The van der Waals surface area contributed by atoms with E-state index in [2.05, 4.69) is 176 Å². The molecule has 0 fully saturated rings. The Hall–Kier alpha value is -7.14. The zero-order valence-electron chi connectivity index (χ0n) is 31.3. The van der Waals surface area contributed by atoms with Gasteiger partial charge in [0.25, 0.3) is 0 Å². The molecule has 1 aliphatic heterocycles. The van der Waals surface area contributed by atoms with Crippen LogP contribution in [0, 0.1) is 0 Å². The predicted octanol–water partition coefficient (Wildman–Crippen LogP) is 13.7. The van der Waals surface area contributed by atoms with E-state index >= 15 is 0 Å². The van der Waals surface area contributed by atoms with E-state index in [1.165, 1.54) is 48.6 Å². The summed E-state index contributed by atoms with van der Waals surface area (Å²) in [6.45, 7) is 0. The molecule has 0 amide bonds. The number of hydrogen-bond donors (Lipinski definition) is 0. The van der Waals surface area contributed by atoms with Gasteiger partial charge in [0.1, 0.15) is 0 Å². The Kier molecular flexibility index (Phi) is 7.38. The third-order valence-corrected chi connectivity index (χ3v) is 13.1. The fraction of sp³-hybridized carbons (Fsp3) is 0.0185. The minimum atomic E-state index is -0.486. The molecule has 1 spiro atoms. The van der Waals surface area contributed by atoms with E-state index in [0.717, 1.165) is 55.6 Å². The molecule has 0 bridgehead atoms. The zero-order valence-corrected chi connectivity index (χ0v) is 32.1. The molecule has 2 aromatic heterocycles. The molecule has 58 heavy (non-hydrogen) atoms. The first-order valence-electron chi connectivity index (χ1n) is 19.7. The predicted molar refractivity (Wildman–Crippen MR) is 238 cm³/mol. The summed E-state index contributed by atoms with van der Waals surface area (Å²) in [5.74, 6) is 0.699. The van der Waals surface area contributed by atoms with Crippen molar-refractivity contribution in [2.75, 3.05) is 0 Å². The molecule has 2 aliphatic rings. The van der Waals surface area contributed by atoms with Crippen LogP contribution in [0.25, 0.3) is 78.0 Å². The Balaban J connectivity index is 1.19. The maximum absolute atomic E-state index is 5.45. The Morgan fingerprint density at radius 3 is 1.64 bits per heavy atom. The summed E-state index contributed by atoms with van der Waals surface area (Å²) in [6.07, 6.45) is 0. The molecule has 0 atom stereocenters. The topological polar surface area (TPSA) is 38.7 Å². The highest BCUT2D eigenvalue weighted by atomic mass is 32.2. The molecular weight excluding hydrogens is 723 g/mol. The third-order valence-electron chi connectivity index (χ3n) is 11.9. The first kappa shape index (κ1) is 33.0. The van der Waals surface area contributed by atoms with Crippen LogP contribution >= 0.6 is 11.8 Å². The quantitative estimate of drug-likeness (QED) is 0.168. The third kappa shape index (κ3) is 4.85. The van der Waals surface area contributed by atoms with E-state index in [9.17, 15) is 0 Å². The van der Waals surface area contributed by atoms with Crippen LogP contribution in [0.4, 0.5) is 0 Å². The molecule has 8 aromatic carbocycles. The number of benzene rings is 8. The van der Waals surface area contributed by atoms with Gasteiger partial charge in [0.05, 0.1) is 28.0 Å². The van der Waals surface area contributed by atoms with Gasteiger partial charge in [-0.15, -0.1) is 0 Å². The number of fused-ring (bicyclic) bond motifs is 13. The van der Waals surface area contributed by atoms with Gasteiger partial charge in [-0.3, -0.25) is 0 Å². The lowest BCUT2D eigenvalue weighted by atomic mass is 9.67. The summed E-state index contributed by atoms with van der Waals surface area (Å²) >= 11 is 1.89. The number of nitrogens with zero attached hydrogens (tertiary/aromatic N) is 3. The molecule has 3 nitrogen and oxygen atoms in total.